The highest BCUT2D eigenvalue weighted by Gasteiger charge is 2.08. The van der Waals surface area contributed by atoms with Gasteiger partial charge in [0, 0.05) is 5.69 Å². The summed E-state index contributed by atoms with van der Waals surface area (Å²) >= 11 is 3.06. The van der Waals surface area contributed by atoms with Gasteiger partial charge in [0.2, 0.25) is 0 Å². The molecule has 0 amide bonds. The lowest BCUT2D eigenvalue weighted by Crippen LogP contribution is -2.12. The molecule has 1 heterocycles. The zero-order chi connectivity index (χ0) is 10.0. The van der Waals surface area contributed by atoms with Crippen molar-refractivity contribution in [2.24, 2.45) is 0 Å². The van der Waals surface area contributed by atoms with E-state index >= 15 is 0 Å². The first kappa shape index (κ1) is 10.0. The summed E-state index contributed by atoms with van der Waals surface area (Å²) in [5.41, 5.74) is 0.917. The highest BCUT2D eigenvalue weighted by atomic mass is 79.9. The minimum Gasteiger partial charge on any atom is -0.325 e. The first-order valence-corrected chi connectivity index (χ1v) is 4.68. The number of nitriles is 1. The maximum absolute atomic E-state index is 11.3. The molecule has 68 valence electrons. The lowest BCUT2D eigenvalue weighted by Gasteiger charge is -2.05. The number of H-pyrrole nitrogens is 1. The molecule has 0 aliphatic carbocycles. The smallest absolute Gasteiger partial charge is 0.263 e. The molecule has 1 N–H and O–H groups in total. The summed E-state index contributed by atoms with van der Waals surface area (Å²) in [5.74, 6) is 0.216. The van der Waals surface area contributed by atoms with Crippen LogP contribution in [0.4, 0.5) is 0 Å². The number of pyridine rings is 1. The van der Waals surface area contributed by atoms with Gasteiger partial charge in [0.05, 0.1) is 5.56 Å². The van der Waals surface area contributed by atoms with Crippen LogP contribution in [-0.4, -0.2) is 4.98 Å². The summed E-state index contributed by atoms with van der Waals surface area (Å²) in [6.07, 6.45) is 0. The zero-order valence-corrected chi connectivity index (χ0v) is 8.97. The van der Waals surface area contributed by atoms with Crippen LogP contribution in [0.3, 0.4) is 0 Å². The number of halogens is 1. The van der Waals surface area contributed by atoms with E-state index < -0.39 is 0 Å². The van der Waals surface area contributed by atoms with Gasteiger partial charge in [0.15, 0.2) is 0 Å². The Kier molecular flexibility index (Phi) is 2.89. The minimum atomic E-state index is -0.247. The summed E-state index contributed by atoms with van der Waals surface area (Å²) in [6, 6.07) is 3.66. The van der Waals surface area contributed by atoms with Crippen molar-refractivity contribution in [2.45, 2.75) is 19.8 Å². The zero-order valence-electron chi connectivity index (χ0n) is 7.39. The van der Waals surface area contributed by atoms with Crippen LogP contribution in [0.15, 0.2) is 15.3 Å². The van der Waals surface area contributed by atoms with Crippen LogP contribution >= 0.6 is 15.9 Å². The summed E-state index contributed by atoms with van der Waals surface area (Å²) in [5, 5.41) is 8.72. The van der Waals surface area contributed by atoms with Crippen molar-refractivity contribution in [1.29, 1.82) is 5.26 Å². The first-order valence-electron chi connectivity index (χ1n) is 3.89. The second kappa shape index (κ2) is 3.75. The van der Waals surface area contributed by atoms with Gasteiger partial charge in [-0.25, -0.2) is 0 Å². The van der Waals surface area contributed by atoms with Gasteiger partial charge in [-0.2, -0.15) is 5.26 Å². The van der Waals surface area contributed by atoms with Crippen molar-refractivity contribution >= 4 is 15.9 Å². The van der Waals surface area contributed by atoms with Gasteiger partial charge in [-0.15, -0.1) is 0 Å². The highest BCUT2D eigenvalue weighted by Crippen LogP contribution is 2.15. The Bertz CT molecular complexity index is 415. The summed E-state index contributed by atoms with van der Waals surface area (Å²) in [6.45, 7) is 3.92. The first-order chi connectivity index (χ1) is 6.06. The lowest BCUT2D eigenvalue weighted by molar-refractivity contribution is 0.813. The molecule has 0 radical (unpaired) electrons. The van der Waals surface area contributed by atoms with Gasteiger partial charge in [0.25, 0.3) is 5.56 Å². The lowest BCUT2D eigenvalue weighted by atomic mass is 10.1. The van der Waals surface area contributed by atoms with Crippen LogP contribution in [0.25, 0.3) is 0 Å². The molecular weight excluding hydrogens is 232 g/mol. The van der Waals surface area contributed by atoms with E-state index in [9.17, 15) is 4.79 Å². The van der Waals surface area contributed by atoms with E-state index in [0.29, 0.717) is 10.0 Å². The second-order valence-corrected chi connectivity index (χ2v) is 3.84. The minimum absolute atomic E-state index is 0.216. The Hall–Kier alpha value is -1.08. The molecule has 1 aromatic heterocycles. The molecule has 1 rings (SSSR count). The second-order valence-electron chi connectivity index (χ2n) is 3.05. The summed E-state index contributed by atoms with van der Waals surface area (Å²) < 4.78 is 0.305. The average molecular weight is 241 g/mol. The molecule has 0 unspecified atom stereocenters. The quantitative estimate of drug-likeness (QED) is 0.818. The van der Waals surface area contributed by atoms with Crippen LogP contribution in [0.5, 0.6) is 0 Å². The molecule has 0 aromatic carbocycles. The molecule has 13 heavy (non-hydrogen) atoms. The number of hydrogen-bond acceptors (Lipinski definition) is 2. The Morgan fingerprint density at radius 3 is 2.69 bits per heavy atom. The third-order valence-electron chi connectivity index (χ3n) is 1.74. The van der Waals surface area contributed by atoms with Crippen molar-refractivity contribution in [3.63, 3.8) is 0 Å². The molecule has 0 aliphatic heterocycles. The molecule has 0 aliphatic rings. The van der Waals surface area contributed by atoms with Crippen molar-refractivity contribution in [2.75, 3.05) is 0 Å². The predicted octanol–water partition coefficient (Wildman–Crippen LogP) is 2.13. The maximum Gasteiger partial charge on any atom is 0.263 e. The van der Waals surface area contributed by atoms with Crippen molar-refractivity contribution in [1.82, 2.24) is 4.98 Å². The predicted molar refractivity (Wildman–Crippen MR) is 53.6 cm³/mol. The van der Waals surface area contributed by atoms with E-state index in [4.69, 9.17) is 5.26 Å². The van der Waals surface area contributed by atoms with Crippen LogP contribution in [0.1, 0.15) is 31.0 Å². The van der Waals surface area contributed by atoms with E-state index in [2.05, 4.69) is 20.9 Å². The molecule has 0 spiro atoms. The van der Waals surface area contributed by atoms with E-state index in [1.807, 2.05) is 19.9 Å². The topological polar surface area (TPSA) is 56.6 Å². The van der Waals surface area contributed by atoms with Crippen LogP contribution in [0, 0.1) is 11.3 Å². The standard InChI is InChI=1S/C9H9BrN2O/c1-5(2)7-3-6(4-11)8(10)9(13)12-7/h3,5H,1-2H3,(H,12,13). The molecule has 1 aromatic rings. The number of nitrogens with one attached hydrogen (secondary N) is 1. The fourth-order valence-corrected chi connectivity index (χ4v) is 1.26. The van der Waals surface area contributed by atoms with Crippen molar-refractivity contribution in [3.8, 4) is 6.07 Å². The van der Waals surface area contributed by atoms with Gasteiger partial charge < -0.3 is 4.98 Å². The number of aromatic nitrogens is 1. The van der Waals surface area contributed by atoms with E-state index in [0.717, 1.165) is 5.69 Å². The fraction of sp³-hybridized carbons (Fsp3) is 0.333. The van der Waals surface area contributed by atoms with Crippen LogP contribution in [-0.2, 0) is 0 Å². The molecule has 0 saturated carbocycles. The van der Waals surface area contributed by atoms with Crippen LogP contribution < -0.4 is 5.56 Å². The molecule has 0 bridgehead atoms. The Balaban J connectivity index is 3.42. The van der Waals surface area contributed by atoms with E-state index in [-0.39, 0.29) is 11.5 Å². The van der Waals surface area contributed by atoms with Gasteiger partial charge in [-0.1, -0.05) is 13.8 Å². The number of rotatable bonds is 1. The normalized spacial score (nSPS) is 10.1. The molecule has 4 heteroatoms. The van der Waals surface area contributed by atoms with Crippen molar-refractivity contribution < 1.29 is 0 Å². The summed E-state index contributed by atoms with van der Waals surface area (Å²) in [4.78, 5) is 14.0. The molecule has 0 atom stereocenters. The Morgan fingerprint density at radius 2 is 2.23 bits per heavy atom. The average Bonchev–Trinajstić information content (AvgIpc) is 2.09. The fourth-order valence-electron chi connectivity index (χ4n) is 0.956. The van der Waals surface area contributed by atoms with Gasteiger partial charge >= 0.3 is 0 Å². The maximum atomic E-state index is 11.3. The number of aromatic amines is 1. The van der Waals surface area contributed by atoms with E-state index in [1.165, 1.54) is 0 Å². The van der Waals surface area contributed by atoms with Crippen LogP contribution in [0.2, 0.25) is 0 Å². The SMILES string of the molecule is CC(C)c1cc(C#N)c(Br)c(=O)[nH]1. The molecular formula is C9H9BrN2O. The Labute approximate surface area is 84.5 Å². The third-order valence-corrected chi connectivity index (χ3v) is 2.52. The molecule has 0 fully saturated rings. The van der Waals surface area contributed by atoms with Gasteiger partial charge in [0.1, 0.15) is 10.5 Å². The Morgan fingerprint density at radius 1 is 1.62 bits per heavy atom. The molecule has 3 nitrogen and oxygen atoms in total. The number of nitrogens with zero attached hydrogens (tertiary/aromatic N) is 1. The molecule has 0 saturated heterocycles. The summed E-state index contributed by atoms with van der Waals surface area (Å²) in [7, 11) is 0. The van der Waals surface area contributed by atoms with Crippen molar-refractivity contribution in [3.05, 3.63) is 32.2 Å². The van der Waals surface area contributed by atoms with Gasteiger partial charge in [-0.05, 0) is 27.9 Å². The largest absolute Gasteiger partial charge is 0.325 e. The number of hydrogen-bond donors (Lipinski definition) is 1. The van der Waals surface area contributed by atoms with Gasteiger partial charge in [-0.3, -0.25) is 4.79 Å². The highest BCUT2D eigenvalue weighted by molar-refractivity contribution is 9.10. The van der Waals surface area contributed by atoms with E-state index in [1.54, 1.807) is 6.07 Å². The third kappa shape index (κ3) is 1.99. The monoisotopic (exact) mass is 240 g/mol.